The summed E-state index contributed by atoms with van der Waals surface area (Å²) in [5, 5.41) is 3.49. The van der Waals surface area contributed by atoms with Crippen LogP contribution >= 0.6 is 0 Å². The summed E-state index contributed by atoms with van der Waals surface area (Å²) in [6, 6.07) is 0.779. The van der Waals surface area contributed by atoms with Gasteiger partial charge >= 0.3 is 0 Å². The van der Waals surface area contributed by atoms with E-state index in [1.807, 2.05) is 6.20 Å². The van der Waals surface area contributed by atoms with Crippen molar-refractivity contribution in [3.63, 3.8) is 0 Å². The van der Waals surface area contributed by atoms with Crippen LogP contribution in [0.3, 0.4) is 0 Å². The zero-order valence-corrected chi connectivity index (χ0v) is 11.2. The number of hydrogen-bond donors (Lipinski definition) is 1. The van der Waals surface area contributed by atoms with E-state index in [9.17, 15) is 0 Å². The topological polar surface area (TPSA) is 38.1 Å². The van der Waals surface area contributed by atoms with Gasteiger partial charge in [0.25, 0.3) is 0 Å². The number of aromatic nitrogens is 1. The highest BCUT2D eigenvalue weighted by Crippen LogP contribution is 2.28. The van der Waals surface area contributed by atoms with Gasteiger partial charge in [0.1, 0.15) is 5.76 Å². The molecule has 2 fully saturated rings. The Labute approximate surface area is 109 Å². The number of hydrogen-bond acceptors (Lipinski definition) is 3. The smallest absolute Gasteiger partial charge is 0.195 e. The van der Waals surface area contributed by atoms with E-state index in [-0.39, 0.29) is 0 Å². The third-order valence-electron chi connectivity index (χ3n) is 4.22. The van der Waals surface area contributed by atoms with Crippen LogP contribution in [0, 0.1) is 5.92 Å². The zero-order valence-electron chi connectivity index (χ0n) is 11.2. The number of nitrogens with zero attached hydrogens (tertiary/aromatic N) is 1. The molecule has 3 nitrogen and oxygen atoms in total. The molecule has 0 unspecified atom stereocenters. The molecular weight excluding hydrogens is 224 g/mol. The highest BCUT2D eigenvalue weighted by atomic mass is 16.4. The molecule has 2 saturated carbocycles. The molecule has 3 heteroatoms. The number of nitrogens with one attached hydrogen (secondary N) is 1. The molecule has 0 atom stereocenters. The van der Waals surface area contributed by atoms with Gasteiger partial charge in [-0.3, -0.25) is 0 Å². The molecule has 0 saturated heterocycles. The van der Waals surface area contributed by atoms with Crippen molar-refractivity contribution in [2.45, 2.75) is 63.8 Å². The van der Waals surface area contributed by atoms with Crippen LogP contribution in [0.1, 0.15) is 56.6 Å². The molecule has 0 amide bonds. The van der Waals surface area contributed by atoms with Gasteiger partial charge in [-0.05, 0) is 25.2 Å². The first-order valence-electron chi connectivity index (χ1n) is 7.57. The van der Waals surface area contributed by atoms with E-state index in [1.54, 1.807) is 0 Å². The minimum absolute atomic E-state index is 0.779. The van der Waals surface area contributed by atoms with Gasteiger partial charge in [0.15, 0.2) is 5.89 Å². The van der Waals surface area contributed by atoms with Crippen molar-refractivity contribution in [1.29, 1.82) is 0 Å². The predicted octanol–water partition coefficient (Wildman–Crippen LogP) is 3.09. The molecule has 2 aliphatic carbocycles. The summed E-state index contributed by atoms with van der Waals surface area (Å²) in [6.07, 6.45) is 13.6. The van der Waals surface area contributed by atoms with Gasteiger partial charge in [0.2, 0.25) is 0 Å². The third-order valence-corrected chi connectivity index (χ3v) is 4.22. The Morgan fingerprint density at radius 3 is 2.78 bits per heavy atom. The fourth-order valence-corrected chi connectivity index (χ4v) is 2.90. The molecule has 1 aromatic heterocycles. The first kappa shape index (κ1) is 12.2. The van der Waals surface area contributed by atoms with Gasteiger partial charge in [0, 0.05) is 25.4 Å². The fourth-order valence-electron chi connectivity index (χ4n) is 2.90. The molecule has 18 heavy (non-hydrogen) atoms. The van der Waals surface area contributed by atoms with E-state index in [0.717, 1.165) is 43.0 Å². The van der Waals surface area contributed by atoms with Crippen LogP contribution in [-0.4, -0.2) is 17.6 Å². The van der Waals surface area contributed by atoms with E-state index in [4.69, 9.17) is 4.42 Å². The highest BCUT2D eigenvalue weighted by Gasteiger charge is 2.20. The summed E-state index contributed by atoms with van der Waals surface area (Å²) in [5.41, 5.74) is 0. The third kappa shape index (κ3) is 3.58. The van der Waals surface area contributed by atoms with Crippen molar-refractivity contribution < 1.29 is 4.42 Å². The average Bonchev–Trinajstić information content (AvgIpc) is 2.90. The Kier molecular flexibility index (Phi) is 3.99. The van der Waals surface area contributed by atoms with Gasteiger partial charge in [-0.15, -0.1) is 0 Å². The lowest BCUT2D eigenvalue weighted by molar-refractivity contribution is 0.419. The van der Waals surface area contributed by atoms with Gasteiger partial charge in [-0.2, -0.15) is 0 Å². The molecular formula is C15H24N2O. The molecule has 1 aromatic rings. The van der Waals surface area contributed by atoms with Crippen LogP contribution < -0.4 is 5.32 Å². The van der Waals surface area contributed by atoms with Crippen molar-refractivity contribution >= 4 is 0 Å². The second-order valence-electron chi connectivity index (χ2n) is 5.89. The van der Waals surface area contributed by atoms with Crippen LogP contribution in [0.5, 0.6) is 0 Å². The quantitative estimate of drug-likeness (QED) is 0.805. The SMILES string of the molecule is c1nc(CCNC2CC2)oc1CCC1CCCC1. The zero-order chi connectivity index (χ0) is 12.2. The van der Waals surface area contributed by atoms with Crippen molar-refractivity contribution in [3.05, 3.63) is 17.8 Å². The Morgan fingerprint density at radius 1 is 1.17 bits per heavy atom. The molecule has 100 valence electrons. The minimum Gasteiger partial charge on any atom is -0.446 e. The van der Waals surface area contributed by atoms with E-state index >= 15 is 0 Å². The molecule has 1 heterocycles. The monoisotopic (exact) mass is 248 g/mol. The number of rotatable bonds is 7. The lowest BCUT2D eigenvalue weighted by Crippen LogP contribution is -2.19. The van der Waals surface area contributed by atoms with Crippen molar-refractivity contribution in [1.82, 2.24) is 10.3 Å². The fraction of sp³-hybridized carbons (Fsp3) is 0.800. The van der Waals surface area contributed by atoms with Crippen LogP contribution in [-0.2, 0) is 12.8 Å². The van der Waals surface area contributed by atoms with Gasteiger partial charge in [-0.1, -0.05) is 25.7 Å². The van der Waals surface area contributed by atoms with Crippen molar-refractivity contribution in [3.8, 4) is 0 Å². The summed E-state index contributed by atoms with van der Waals surface area (Å²) >= 11 is 0. The molecule has 0 spiro atoms. The number of aryl methyl sites for hydroxylation is 1. The maximum atomic E-state index is 5.79. The largest absolute Gasteiger partial charge is 0.446 e. The summed E-state index contributed by atoms with van der Waals surface area (Å²) in [5.74, 6) is 2.93. The summed E-state index contributed by atoms with van der Waals surface area (Å²) in [7, 11) is 0. The second-order valence-corrected chi connectivity index (χ2v) is 5.89. The first-order chi connectivity index (χ1) is 8.90. The lowest BCUT2D eigenvalue weighted by atomic mass is 10.0. The number of oxazole rings is 1. The van der Waals surface area contributed by atoms with Gasteiger partial charge in [-0.25, -0.2) is 4.98 Å². The molecule has 1 N–H and O–H groups in total. The van der Waals surface area contributed by atoms with Crippen molar-refractivity contribution in [2.75, 3.05) is 6.54 Å². The van der Waals surface area contributed by atoms with Crippen LogP contribution in [0.25, 0.3) is 0 Å². The Bertz CT molecular complexity index is 364. The Morgan fingerprint density at radius 2 is 2.00 bits per heavy atom. The van der Waals surface area contributed by atoms with E-state index in [1.165, 1.54) is 44.9 Å². The Balaban J connectivity index is 1.37. The molecule has 3 rings (SSSR count). The van der Waals surface area contributed by atoms with Crippen LogP contribution in [0.4, 0.5) is 0 Å². The molecule has 2 aliphatic rings. The maximum Gasteiger partial charge on any atom is 0.195 e. The van der Waals surface area contributed by atoms with Gasteiger partial charge in [0.05, 0.1) is 6.20 Å². The normalized spacial score (nSPS) is 20.7. The van der Waals surface area contributed by atoms with Crippen LogP contribution in [0.2, 0.25) is 0 Å². The van der Waals surface area contributed by atoms with Gasteiger partial charge < -0.3 is 9.73 Å². The standard InChI is InChI=1S/C15H24N2O/c1-2-4-12(3-1)5-8-14-11-17-15(18-14)9-10-16-13-6-7-13/h11-13,16H,1-10H2. The van der Waals surface area contributed by atoms with Crippen molar-refractivity contribution in [2.24, 2.45) is 5.92 Å². The molecule has 0 aromatic carbocycles. The molecule has 0 radical (unpaired) electrons. The first-order valence-corrected chi connectivity index (χ1v) is 7.57. The molecule has 0 bridgehead atoms. The lowest BCUT2D eigenvalue weighted by Gasteiger charge is -2.05. The van der Waals surface area contributed by atoms with E-state index < -0.39 is 0 Å². The summed E-state index contributed by atoms with van der Waals surface area (Å²) < 4.78 is 5.79. The summed E-state index contributed by atoms with van der Waals surface area (Å²) in [6.45, 7) is 1.01. The minimum atomic E-state index is 0.779. The van der Waals surface area contributed by atoms with Crippen LogP contribution in [0.15, 0.2) is 10.6 Å². The summed E-state index contributed by atoms with van der Waals surface area (Å²) in [4.78, 5) is 4.37. The van der Waals surface area contributed by atoms with E-state index in [2.05, 4.69) is 10.3 Å². The second kappa shape index (κ2) is 5.87. The van der Waals surface area contributed by atoms with E-state index in [0.29, 0.717) is 0 Å². The average molecular weight is 248 g/mol. The Hall–Kier alpha value is -0.830. The molecule has 0 aliphatic heterocycles. The maximum absolute atomic E-state index is 5.79. The predicted molar refractivity (Wildman–Crippen MR) is 71.5 cm³/mol. The highest BCUT2D eigenvalue weighted by molar-refractivity contribution is 4.95.